The van der Waals surface area contributed by atoms with Crippen molar-refractivity contribution >= 4 is 5.91 Å². The molecular weight excluding hydrogens is 465 g/mol. The number of nitrogens with one attached hydrogen (secondary N) is 1. The Morgan fingerprint density at radius 3 is 2.29 bits per heavy atom. The quantitative estimate of drug-likeness (QED) is 0.371. The Bertz CT molecular complexity index is 1410. The highest BCUT2D eigenvalue weighted by atomic mass is 19.4. The van der Waals surface area contributed by atoms with Gasteiger partial charge < -0.3 is 9.88 Å². The highest BCUT2D eigenvalue weighted by molar-refractivity contribution is 6.07. The number of amides is 1. The van der Waals surface area contributed by atoms with Crippen LogP contribution in [-0.4, -0.2) is 22.0 Å². The molecule has 0 radical (unpaired) electrons. The van der Waals surface area contributed by atoms with Crippen LogP contribution in [0.5, 0.6) is 0 Å². The second-order valence-electron chi connectivity index (χ2n) is 8.18. The maximum absolute atomic E-state index is 14.8. The number of nitrogens with zero attached hydrogens (tertiary/aromatic N) is 2. The second kappa shape index (κ2) is 8.65. The van der Waals surface area contributed by atoms with E-state index in [4.69, 9.17) is 0 Å². The van der Waals surface area contributed by atoms with E-state index in [0.29, 0.717) is 52.7 Å². The zero-order valence-corrected chi connectivity index (χ0v) is 18.2. The third-order valence-corrected chi connectivity index (χ3v) is 6.04. The van der Waals surface area contributed by atoms with E-state index in [1.54, 1.807) is 41.2 Å². The average Bonchev–Trinajstić information content (AvgIpc) is 3.16. The third kappa shape index (κ3) is 4.18. The van der Waals surface area contributed by atoms with Crippen molar-refractivity contribution in [1.29, 1.82) is 0 Å². The molecule has 0 unspecified atom stereocenters. The molecule has 1 amide bonds. The monoisotopic (exact) mass is 483 g/mol. The maximum atomic E-state index is 14.8. The first kappa shape index (κ1) is 22.8. The fourth-order valence-corrected chi connectivity index (χ4v) is 4.46. The summed E-state index contributed by atoms with van der Waals surface area (Å²) < 4.78 is 69.4. The average molecular weight is 483 g/mol. The Balaban J connectivity index is 1.76. The van der Waals surface area contributed by atoms with Crippen LogP contribution >= 0.6 is 0 Å². The molecule has 0 spiro atoms. The molecule has 178 valence electrons. The van der Waals surface area contributed by atoms with Crippen LogP contribution in [0.4, 0.5) is 22.0 Å². The lowest BCUT2D eigenvalue weighted by molar-refractivity contribution is -0.137. The Labute approximate surface area is 197 Å². The first-order valence-corrected chi connectivity index (χ1v) is 10.8. The van der Waals surface area contributed by atoms with Gasteiger partial charge in [0, 0.05) is 47.7 Å². The lowest BCUT2D eigenvalue weighted by Crippen LogP contribution is -2.32. The Morgan fingerprint density at radius 1 is 0.914 bits per heavy atom. The highest BCUT2D eigenvalue weighted by Gasteiger charge is 2.33. The minimum Gasteiger partial charge on any atom is -0.352 e. The summed E-state index contributed by atoms with van der Waals surface area (Å²) in [6.45, 7) is 0.252. The highest BCUT2D eigenvalue weighted by Crippen LogP contribution is 2.41. The van der Waals surface area contributed by atoms with Gasteiger partial charge in [0.2, 0.25) is 0 Å². The van der Waals surface area contributed by atoms with Crippen LogP contribution in [0.1, 0.15) is 27.2 Å². The van der Waals surface area contributed by atoms with E-state index in [2.05, 4.69) is 10.3 Å². The SMILES string of the molecule is O=C1NCCc2c1c(-c1ccc(F)cc1)c(-c1ccncc1)n2Cc1ccc(C(F)(F)F)cc1F. The van der Waals surface area contributed by atoms with Gasteiger partial charge in [-0.05, 0) is 42.0 Å². The first-order valence-electron chi connectivity index (χ1n) is 10.8. The number of fused-ring (bicyclic) bond motifs is 1. The van der Waals surface area contributed by atoms with E-state index in [0.717, 1.165) is 12.1 Å². The van der Waals surface area contributed by atoms with Crippen molar-refractivity contribution in [3.63, 3.8) is 0 Å². The van der Waals surface area contributed by atoms with Crippen molar-refractivity contribution in [2.75, 3.05) is 6.54 Å². The molecule has 0 saturated carbocycles. The van der Waals surface area contributed by atoms with Gasteiger partial charge in [0.25, 0.3) is 5.91 Å². The lowest BCUT2D eigenvalue weighted by atomic mass is 9.95. The number of alkyl halides is 3. The van der Waals surface area contributed by atoms with E-state index < -0.39 is 23.4 Å². The minimum absolute atomic E-state index is 0.0442. The minimum atomic E-state index is -4.66. The summed E-state index contributed by atoms with van der Waals surface area (Å²) >= 11 is 0. The van der Waals surface area contributed by atoms with E-state index in [1.165, 1.54) is 12.1 Å². The van der Waals surface area contributed by atoms with Crippen LogP contribution in [-0.2, 0) is 19.1 Å². The van der Waals surface area contributed by atoms with Crippen molar-refractivity contribution in [3.05, 3.63) is 101 Å². The molecule has 0 saturated heterocycles. The van der Waals surface area contributed by atoms with Crippen LogP contribution in [0, 0.1) is 11.6 Å². The van der Waals surface area contributed by atoms with Crippen LogP contribution in [0.2, 0.25) is 0 Å². The largest absolute Gasteiger partial charge is 0.416 e. The number of benzene rings is 2. The molecule has 2 aromatic carbocycles. The third-order valence-electron chi connectivity index (χ3n) is 6.04. The van der Waals surface area contributed by atoms with Gasteiger partial charge in [-0.3, -0.25) is 9.78 Å². The smallest absolute Gasteiger partial charge is 0.352 e. The van der Waals surface area contributed by atoms with Gasteiger partial charge in [-0.1, -0.05) is 18.2 Å². The Morgan fingerprint density at radius 2 is 1.63 bits per heavy atom. The summed E-state index contributed by atoms with van der Waals surface area (Å²) in [6.07, 6.45) is -1.09. The number of aromatic nitrogens is 2. The Kier molecular flexibility index (Phi) is 5.62. The fourth-order valence-electron chi connectivity index (χ4n) is 4.46. The van der Waals surface area contributed by atoms with Gasteiger partial charge in [-0.25, -0.2) is 8.78 Å². The molecule has 1 N–H and O–H groups in total. The maximum Gasteiger partial charge on any atom is 0.416 e. The van der Waals surface area contributed by atoms with Gasteiger partial charge in [-0.2, -0.15) is 13.2 Å². The molecule has 1 aliphatic rings. The number of carbonyl (C=O) groups is 1. The molecule has 0 aliphatic carbocycles. The van der Waals surface area contributed by atoms with Crippen molar-refractivity contribution in [1.82, 2.24) is 14.9 Å². The van der Waals surface area contributed by atoms with Gasteiger partial charge in [-0.15, -0.1) is 0 Å². The summed E-state index contributed by atoms with van der Waals surface area (Å²) in [5, 5.41) is 2.81. The van der Waals surface area contributed by atoms with E-state index in [1.807, 2.05) is 0 Å². The van der Waals surface area contributed by atoms with Gasteiger partial charge in [0.05, 0.1) is 23.4 Å². The molecule has 1 aliphatic heterocycles. The summed E-state index contributed by atoms with van der Waals surface area (Å²) in [7, 11) is 0. The molecule has 0 bridgehead atoms. The second-order valence-corrected chi connectivity index (χ2v) is 8.18. The van der Waals surface area contributed by atoms with Crippen molar-refractivity contribution in [3.8, 4) is 22.4 Å². The van der Waals surface area contributed by atoms with E-state index in [9.17, 15) is 26.7 Å². The number of carbonyl (C=O) groups excluding carboxylic acids is 1. The van der Waals surface area contributed by atoms with Crippen molar-refractivity contribution < 1.29 is 26.7 Å². The number of pyridine rings is 1. The molecular formula is C26H18F5N3O. The van der Waals surface area contributed by atoms with E-state index >= 15 is 0 Å². The summed E-state index contributed by atoms with van der Waals surface area (Å²) in [4.78, 5) is 17.0. The number of hydrogen-bond acceptors (Lipinski definition) is 2. The van der Waals surface area contributed by atoms with Gasteiger partial charge in [0.1, 0.15) is 11.6 Å². The van der Waals surface area contributed by atoms with Crippen LogP contribution in [0.3, 0.4) is 0 Å². The zero-order valence-electron chi connectivity index (χ0n) is 18.2. The molecule has 0 atom stereocenters. The summed E-state index contributed by atoms with van der Waals surface area (Å²) in [6, 6.07) is 11.6. The molecule has 4 nitrogen and oxygen atoms in total. The Hall–Kier alpha value is -4.01. The number of rotatable bonds is 4. The van der Waals surface area contributed by atoms with Crippen molar-refractivity contribution in [2.45, 2.75) is 19.1 Å². The zero-order chi connectivity index (χ0) is 24.7. The normalized spacial score (nSPS) is 13.5. The molecule has 35 heavy (non-hydrogen) atoms. The predicted octanol–water partition coefficient (Wildman–Crippen LogP) is 5.85. The summed E-state index contributed by atoms with van der Waals surface area (Å²) in [5.74, 6) is -1.76. The van der Waals surface area contributed by atoms with Gasteiger partial charge in [0.15, 0.2) is 0 Å². The van der Waals surface area contributed by atoms with Crippen LogP contribution < -0.4 is 5.32 Å². The number of hydrogen-bond donors (Lipinski definition) is 1. The first-order chi connectivity index (χ1) is 16.7. The molecule has 3 heterocycles. The van der Waals surface area contributed by atoms with Crippen LogP contribution in [0.25, 0.3) is 22.4 Å². The molecule has 0 fully saturated rings. The standard InChI is InChI=1S/C26H18F5N3O/c27-19-5-2-15(3-6-19)22-23-21(9-12-33-25(23)35)34(24(22)16-7-10-32-11-8-16)14-17-1-4-18(13-20(17)28)26(29,30)31/h1-8,10-11,13H,9,12,14H2,(H,33,35). The molecule has 4 aromatic rings. The predicted molar refractivity (Wildman–Crippen MR) is 120 cm³/mol. The molecule has 2 aromatic heterocycles. The topological polar surface area (TPSA) is 46.9 Å². The van der Waals surface area contributed by atoms with Gasteiger partial charge >= 0.3 is 6.18 Å². The number of halogens is 5. The van der Waals surface area contributed by atoms with Crippen LogP contribution in [0.15, 0.2) is 67.0 Å². The molecule has 9 heteroatoms. The lowest BCUT2D eigenvalue weighted by Gasteiger charge is -2.18. The fraction of sp³-hybridized carbons (Fsp3) is 0.154. The molecule has 5 rings (SSSR count). The summed E-state index contributed by atoms with van der Waals surface area (Å²) in [5.41, 5.74) is 2.33. The van der Waals surface area contributed by atoms with E-state index in [-0.39, 0.29) is 18.0 Å². The van der Waals surface area contributed by atoms with Crippen molar-refractivity contribution in [2.24, 2.45) is 0 Å².